The second kappa shape index (κ2) is 7.69. The summed E-state index contributed by atoms with van der Waals surface area (Å²) in [6.07, 6.45) is 4.16. The van der Waals surface area contributed by atoms with Gasteiger partial charge in [-0.3, -0.25) is 4.79 Å². The normalized spacial score (nSPS) is 15.5. The zero-order valence-electron chi connectivity index (χ0n) is 10.6. The van der Waals surface area contributed by atoms with Crippen molar-refractivity contribution in [3.05, 3.63) is 0 Å². The number of carbonyl (C=O) groups is 1. The Bertz CT molecular complexity index is 161. The van der Waals surface area contributed by atoms with Gasteiger partial charge in [0, 0.05) is 6.42 Å². The third-order valence-electron chi connectivity index (χ3n) is 1.83. The molecule has 0 atom stereocenters. The van der Waals surface area contributed by atoms with Crippen molar-refractivity contribution in [2.24, 2.45) is 0 Å². The van der Waals surface area contributed by atoms with Crippen LogP contribution in [0.2, 0.25) is 0 Å². The zero-order chi connectivity index (χ0) is 11.7. The lowest BCUT2D eigenvalue weighted by molar-refractivity contribution is -0.154. The van der Waals surface area contributed by atoms with Crippen LogP contribution in [0.25, 0.3) is 0 Å². The van der Waals surface area contributed by atoms with Gasteiger partial charge in [0.05, 0.1) is 0 Å². The summed E-state index contributed by atoms with van der Waals surface area (Å²) in [7, 11) is 0. The molecule has 0 radical (unpaired) electrons. The van der Waals surface area contributed by atoms with Gasteiger partial charge in [-0.1, -0.05) is 6.92 Å². The van der Waals surface area contributed by atoms with Crippen LogP contribution in [-0.4, -0.2) is 24.7 Å². The first kappa shape index (κ1) is 14.4. The van der Waals surface area contributed by atoms with Crippen molar-refractivity contribution in [1.82, 2.24) is 5.32 Å². The van der Waals surface area contributed by atoms with Gasteiger partial charge in [0.1, 0.15) is 5.60 Å². The summed E-state index contributed by atoms with van der Waals surface area (Å²) in [6, 6.07) is 0. The Labute approximate surface area is 93.6 Å². The highest BCUT2D eigenvalue weighted by Gasteiger charge is 2.14. The Morgan fingerprint density at radius 1 is 1.27 bits per heavy atom. The van der Waals surface area contributed by atoms with Crippen molar-refractivity contribution in [3.63, 3.8) is 0 Å². The summed E-state index contributed by atoms with van der Waals surface area (Å²) in [5.74, 6) is -0.102. The molecule has 0 amide bonds. The first-order chi connectivity index (χ1) is 6.95. The molecule has 0 unspecified atom stereocenters. The van der Waals surface area contributed by atoms with Crippen molar-refractivity contribution >= 4 is 5.97 Å². The second-order valence-corrected chi connectivity index (χ2v) is 4.79. The third-order valence-corrected chi connectivity index (χ3v) is 1.83. The van der Waals surface area contributed by atoms with Crippen LogP contribution in [0.3, 0.4) is 0 Å². The van der Waals surface area contributed by atoms with Gasteiger partial charge in [0.2, 0.25) is 0 Å². The van der Waals surface area contributed by atoms with Crippen LogP contribution >= 0.6 is 0 Å². The minimum absolute atomic E-state index is 0.102. The maximum atomic E-state index is 10.8. The molecule has 0 aromatic rings. The third kappa shape index (κ3) is 11.4. The smallest absolute Gasteiger partial charge is 0.306 e. The number of hydrogen-bond acceptors (Lipinski definition) is 3. The van der Waals surface area contributed by atoms with Crippen LogP contribution in [0, 0.1) is 0 Å². The monoisotopic (exact) mass is 215 g/mol. The van der Waals surface area contributed by atoms with Crippen LogP contribution < -0.4 is 5.32 Å². The van der Waals surface area contributed by atoms with Crippen LogP contribution in [0.5, 0.6) is 0 Å². The van der Waals surface area contributed by atoms with E-state index >= 15 is 0 Å². The summed E-state index contributed by atoms with van der Waals surface area (Å²) < 4.78 is 5.04. The Balaban J connectivity index is 0.000000322. The SMILES string of the molecule is C1CCNC1.CCCC(=O)OC(C)(C)C. The molecule has 1 aliphatic rings. The number of rotatable bonds is 2. The summed E-state index contributed by atoms with van der Waals surface area (Å²) in [5, 5.41) is 3.22. The fourth-order valence-corrected chi connectivity index (χ4v) is 1.22. The van der Waals surface area contributed by atoms with E-state index in [1.54, 1.807) is 0 Å². The highest BCUT2D eigenvalue weighted by molar-refractivity contribution is 5.69. The Morgan fingerprint density at radius 2 is 1.80 bits per heavy atom. The maximum absolute atomic E-state index is 10.8. The van der Waals surface area contributed by atoms with Crippen LogP contribution in [0.4, 0.5) is 0 Å². The predicted octanol–water partition coefficient (Wildman–Crippen LogP) is 2.50. The van der Waals surface area contributed by atoms with Gasteiger partial charge in [0.25, 0.3) is 0 Å². The van der Waals surface area contributed by atoms with E-state index in [1.165, 1.54) is 25.9 Å². The molecule has 1 rings (SSSR count). The van der Waals surface area contributed by atoms with Gasteiger partial charge in [-0.25, -0.2) is 0 Å². The van der Waals surface area contributed by atoms with Crippen LogP contribution in [0.15, 0.2) is 0 Å². The number of nitrogens with one attached hydrogen (secondary N) is 1. The van der Waals surface area contributed by atoms with E-state index < -0.39 is 0 Å². The average Bonchev–Trinajstić information content (AvgIpc) is 2.56. The van der Waals surface area contributed by atoms with E-state index in [2.05, 4.69) is 5.32 Å². The Kier molecular flexibility index (Phi) is 7.39. The van der Waals surface area contributed by atoms with Crippen molar-refractivity contribution < 1.29 is 9.53 Å². The first-order valence-electron chi connectivity index (χ1n) is 5.88. The van der Waals surface area contributed by atoms with Gasteiger partial charge in [-0.15, -0.1) is 0 Å². The molecule has 3 heteroatoms. The standard InChI is InChI=1S/C8H16O2.C4H9N/c1-5-6-7(9)10-8(2,3)4;1-2-4-5-3-1/h5-6H2,1-4H3;5H,1-4H2. The first-order valence-corrected chi connectivity index (χ1v) is 5.88. The fraction of sp³-hybridized carbons (Fsp3) is 0.917. The molecule has 1 saturated heterocycles. The van der Waals surface area contributed by atoms with Crippen LogP contribution in [-0.2, 0) is 9.53 Å². The van der Waals surface area contributed by atoms with E-state index in [1.807, 2.05) is 27.7 Å². The molecular formula is C12H25NO2. The average molecular weight is 215 g/mol. The molecule has 15 heavy (non-hydrogen) atoms. The van der Waals surface area contributed by atoms with Crippen molar-refractivity contribution in [2.45, 2.75) is 59.0 Å². The molecule has 0 saturated carbocycles. The number of carbonyl (C=O) groups excluding carboxylic acids is 1. The van der Waals surface area contributed by atoms with Crippen molar-refractivity contribution in [1.29, 1.82) is 0 Å². The quantitative estimate of drug-likeness (QED) is 0.719. The van der Waals surface area contributed by atoms with Crippen molar-refractivity contribution in [2.75, 3.05) is 13.1 Å². The van der Waals surface area contributed by atoms with Gasteiger partial charge in [-0.2, -0.15) is 0 Å². The number of hydrogen-bond donors (Lipinski definition) is 1. The van der Waals surface area contributed by atoms with Gasteiger partial charge in [-0.05, 0) is 53.1 Å². The van der Waals surface area contributed by atoms with Gasteiger partial charge in [0.15, 0.2) is 0 Å². The Morgan fingerprint density at radius 3 is 2.07 bits per heavy atom. The minimum atomic E-state index is -0.327. The van der Waals surface area contributed by atoms with E-state index in [0.717, 1.165) is 6.42 Å². The summed E-state index contributed by atoms with van der Waals surface area (Å²) >= 11 is 0. The number of esters is 1. The van der Waals surface area contributed by atoms with Crippen LogP contribution in [0.1, 0.15) is 53.4 Å². The molecule has 1 fully saturated rings. The zero-order valence-corrected chi connectivity index (χ0v) is 10.6. The molecule has 0 aromatic carbocycles. The lowest BCUT2D eigenvalue weighted by atomic mass is 10.2. The van der Waals surface area contributed by atoms with Crippen molar-refractivity contribution in [3.8, 4) is 0 Å². The second-order valence-electron chi connectivity index (χ2n) is 4.79. The Hall–Kier alpha value is -0.570. The molecule has 1 aliphatic heterocycles. The van der Waals surface area contributed by atoms with E-state index in [-0.39, 0.29) is 11.6 Å². The molecule has 0 aliphatic carbocycles. The van der Waals surface area contributed by atoms with Gasteiger partial charge < -0.3 is 10.1 Å². The minimum Gasteiger partial charge on any atom is -0.460 e. The lowest BCUT2D eigenvalue weighted by Gasteiger charge is -2.18. The largest absolute Gasteiger partial charge is 0.460 e. The molecule has 1 heterocycles. The summed E-state index contributed by atoms with van der Waals surface area (Å²) in [5.41, 5.74) is -0.327. The van der Waals surface area contributed by atoms with Gasteiger partial charge >= 0.3 is 5.97 Å². The molecule has 3 nitrogen and oxygen atoms in total. The van der Waals surface area contributed by atoms with E-state index in [0.29, 0.717) is 6.42 Å². The molecule has 0 aromatic heterocycles. The van der Waals surface area contributed by atoms with E-state index in [9.17, 15) is 4.79 Å². The fourth-order valence-electron chi connectivity index (χ4n) is 1.22. The molecule has 1 N–H and O–H groups in total. The number of ether oxygens (including phenoxy) is 1. The topological polar surface area (TPSA) is 38.3 Å². The molecule has 0 bridgehead atoms. The predicted molar refractivity (Wildman–Crippen MR) is 62.9 cm³/mol. The van der Waals surface area contributed by atoms with E-state index in [4.69, 9.17) is 4.74 Å². The summed E-state index contributed by atoms with van der Waals surface area (Å²) in [6.45, 7) is 10.1. The molecule has 0 spiro atoms. The highest BCUT2D eigenvalue weighted by atomic mass is 16.6. The lowest BCUT2D eigenvalue weighted by Crippen LogP contribution is -2.23. The molecular weight excluding hydrogens is 190 g/mol. The highest BCUT2D eigenvalue weighted by Crippen LogP contribution is 2.08. The maximum Gasteiger partial charge on any atom is 0.306 e. The molecule has 90 valence electrons. The summed E-state index contributed by atoms with van der Waals surface area (Å²) in [4.78, 5) is 10.8.